The average molecular weight is 328 g/mol. The van der Waals surface area contributed by atoms with Crippen LogP contribution in [0.5, 0.6) is 5.75 Å². The zero-order valence-electron chi connectivity index (χ0n) is 13.2. The lowest BCUT2D eigenvalue weighted by Gasteiger charge is -2.09. The molecule has 4 nitrogen and oxygen atoms in total. The van der Waals surface area contributed by atoms with Crippen LogP contribution >= 0.6 is 11.8 Å². The highest BCUT2D eigenvalue weighted by Gasteiger charge is 2.12. The molecule has 0 fully saturated rings. The fraction of sp³-hybridized carbons (Fsp3) is 0.222. The van der Waals surface area contributed by atoms with Gasteiger partial charge < -0.3 is 4.74 Å². The van der Waals surface area contributed by atoms with E-state index in [1.54, 1.807) is 25.1 Å². The van der Waals surface area contributed by atoms with Crippen molar-refractivity contribution in [3.05, 3.63) is 65.7 Å². The van der Waals surface area contributed by atoms with E-state index in [4.69, 9.17) is 4.74 Å². The van der Waals surface area contributed by atoms with Crippen LogP contribution in [0, 0.1) is 0 Å². The van der Waals surface area contributed by atoms with E-state index in [0.29, 0.717) is 0 Å². The molecule has 1 N–H and O–H groups in total. The van der Waals surface area contributed by atoms with Crippen molar-refractivity contribution in [1.82, 2.24) is 5.43 Å². The van der Waals surface area contributed by atoms with Crippen molar-refractivity contribution < 1.29 is 9.53 Å². The third-order valence-electron chi connectivity index (χ3n) is 3.19. The van der Waals surface area contributed by atoms with E-state index in [2.05, 4.69) is 22.7 Å². The van der Waals surface area contributed by atoms with E-state index in [9.17, 15) is 4.79 Å². The summed E-state index contributed by atoms with van der Waals surface area (Å²) in [6.07, 6.45) is 1.61. The minimum Gasteiger partial charge on any atom is -0.497 e. The van der Waals surface area contributed by atoms with Crippen molar-refractivity contribution in [3.8, 4) is 5.75 Å². The molecule has 0 aliphatic rings. The highest BCUT2D eigenvalue weighted by atomic mass is 32.2. The van der Waals surface area contributed by atoms with Gasteiger partial charge in [-0.2, -0.15) is 5.10 Å². The zero-order chi connectivity index (χ0) is 16.5. The van der Waals surface area contributed by atoms with Gasteiger partial charge in [0.1, 0.15) is 5.75 Å². The van der Waals surface area contributed by atoms with Crippen molar-refractivity contribution in [2.45, 2.75) is 17.9 Å². The van der Waals surface area contributed by atoms with Crippen molar-refractivity contribution in [2.24, 2.45) is 5.10 Å². The number of nitrogens with zero attached hydrogens (tertiary/aromatic N) is 1. The van der Waals surface area contributed by atoms with Gasteiger partial charge >= 0.3 is 0 Å². The van der Waals surface area contributed by atoms with Gasteiger partial charge in [-0.1, -0.05) is 42.5 Å². The monoisotopic (exact) mass is 328 g/mol. The number of carbonyl (C=O) groups is 1. The Hall–Kier alpha value is -2.27. The molecule has 2 rings (SSSR count). The van der Waals surface area contributed by atoms with Crippen LogP contribution in [0.15, 0.2) is 59.7 Å². The Kier molecular flexibility index (Phi) is 6.69. The second-order valence-electron chi connectivity index (χ2n) is 4.95. The number of amides is 1. The normalized spacial score (nSPS) is 12.1. The maximum absolute atomic E-state index is 12.0. The Labute approximate surface area is 140 Å². The molecule has 0 heterocycles. The van der Waals surface area contributed by atoms with Gasteiger partial charge in [0, 0.05) is 5.75 Å². The standard InChI is InChI=1S/C18H20N2O2S/c1-14(23-13-15-7-4-3-5-8-15)18(21)20-19-12-16-9-6-10-17(11-16)22-2/h3-12,14H,13H2,1-2H3,(H,20,21)/b19-12-/t14-/m0/s1. The van der Waals surface area contributed by atoms with Crippen LogP contribution < -0.4 is 10.2 Å². The number of hydrazone groups is 1. The number of hydrogen-bond acceptors (Lipinski definition) is 4. The molecule has 0 radical (unpaired) electrons. The summed E-state index contributed by atoms with van der Waals surface area (Å²) in [5, 5.41) is 3.83. The van der Waals surface area contributed by atoms with E-state index in [-0.39, 0.29) is 11.2 Å². The largest absolute Gasteiger partial charge is 0.497 e. The van der Waals surface area contributed by atoms with E-state index in [0.717, 1.165) is 17.1 Å². The molecular weight excluding hydrogens is 308 g/mol. The molecule has 0 bridgehead atoms. The fourth-order valence-corrected chi connectivity index (χ4v) is 2.69. The average Bonchev–Trinajstić information content (AvgIpc) is 2.60. The first-order valence-electron chi connectivity index (χ1n) is 7.31. The predicted octanol–water partition coefficient (Wildman–Crippen LogP) is 3.47. The number of carbonyl (C=O) groups excluding carboxylic acids is 1. The lowest BCUT2D eigenvalue weighted by molar-refractivity contribution is -0.120. The Morgan fingerprint density at radius 3 is 2.78 bits per heavy atom. The summed E-state index contributed by atoms with van der Waals surface area (Å²) in [6, 6.07) is 17.6. The van der Waals surface area contributed by atoms with Crippen LogP contribution in [0.3, 0.4) is 0 Å². The molecule has 23 heavy (non-hydrogen) atoms. The van der Waals surface area contributed by atoms with Gasteiger partial charge in [0.25, 0.3) is 5.91 Å². The van der Waals surface area contributed by atoms with Crippen molar-refractivity contribution in [3.63, 3.8) is 0 Å². The first-order chi connectivity index (χ1) is 11.2. The Bertz CT molecular complexity index is 659. The third-order valence-corrected chi connectivity index (χ3v) is 4.41. The van der Waals surface area contributed by atoms with Crippen LogP contribution in [0.2, 0.25) is 0 Å². The third kappa shape index (κ3) is 5.79. The lowest BCUT2D eigenvalue weighted by Crippen LogP contribution is -2.26. The summed E-state index contributed by atoms with van der Waals surface area (Å²) in [5.41, 5.74) is 4.65. The first kappa shape index (κ1) is 17.1. The molecule has 1 atom stereocenters. The molecule has 0 saturated carbocycles. The molecule has 0 unspecified atom stereocenters. The highest BCUT2D eigenvalue weighted by molar-refractivity contribution is 7.99. The summed E-state index contributed by atoms with van der Waals surface area (Å²) >= 11 is 1.58. The molecule has 0 spiro atoms. The maximum Gasteiger partial charge on any atom is 0.252 e. The summed E-state index contributed by atoms with van der Waals surface area (Å²) in [6.45, 7) is 1.88. The molecule has 1 amide bonds. The van der Waals surface area contributed by atoms with Gasteiger partial charge in [-0.3, -0.25) is 4.79 Å². The highest BCUT2D eigenvalue weighted by Crippen LogP contribution is 2.17. The van der Waals surface area contributed by atoms with Crippen LogP contribution in [-0.2, 0) is 10.5 Å². The summed E-state index contributed by atoms with van der Waals surface area (Å²) < 4.78 is 5.14. The van der Waals surface area contributed by atoms with E-state index in [1.165, 1.54) is 5.56 Å². The molecular formula is C18H20N2O2S. The topological polar surface area (TPSA) is 50.7 Å². The fourth-order valence-electron chi connectivity index (χ4n) is 1.85. The second-order valence-corrected chi connectivity index (χ2v) is 6.28. The zero-order valence-corrected chi connectivity index (χ0v) is 14.0. The molecule has 0 aliphatic heterocycles. The van der Waals surface area contributed by atoms with Gasteiger partial charge in [-0.15, -0.1) is 11.8 Å². The second kappa shape index (κ2) is 9.00. The Morgan fingerprint density at radius 1 is 1.26 bits per heavy atom. The number of nitrogens with one attached hydrogen (secondary N) is 1. The number of thioether (sulfide) groups is 1. The molecule has 120 valence electrons. The summed E-state index contributed by atoms with van der Waals surface area (Å²) in [7, 11) is 1.61. The maximum atomic E-state index is 12.0. The molecule has 0 aromatic heterocycles. The van der Waals surface area contributed by atoms with Gasteiger partial charge in [-0.25, -0.2) is 5.43 Å². The molecule has 2 aromatic rings. The number of rotatable bonds is 7. The molecule has 2 aromatic carbocycles. The summed E-state index contributed by atoms with van der Waals surface area (Å²) in [4.78, 5) is 12.0. The van der Waals surface area contributed by atoms with Crippen molar-refractivity contribution in [2.75, 3.05) is 7.11 Å². The van der Waals surface area contributed by atoms with Crippen LogP contribution in [0.4, 0.5) is 0 Å². The van der Waals surface area contributed by atoms with Crippen LogP contribution in [0.1, 0.15) is 18.1 Å². The van der Waals surface area contributed by atoms with E-state index in [1.807, 2.05) is 49.4 Å². The Balaban J connectivity index is 1.80. The number of ether oxygens (including phenoxy) is 1. The van der Waals surface area contributed by atoms with Gasteiger partial charge in [0.2, 0.25) is 0 Å². The van der Waals surface area contributed by atoms with Crippen molar-refractivity contribution >= 4 is 23.9 Å². The smallest absolute Gasteiger partial charge is 0.252 e. The van der Waals surface area contributed by atoms with E-state index >= 15 is 0 Å². The quantitative estimate of drug-likeness (QED) is 0.625. The van der Waals surface area contributed by atoms with Gasteiger partial charge in [0.15, 0.2) is 0 Å². The van der Waals surface area contributed by atoms with Gasteiger partial charge in [0.05, 0.1) is 18.6 Å². The molecule has 5 heteroatoms. The van der Waals surface area contributed by atoms with E-state index < -0.39 is 0 Å². The Morgan fingerprint density at radius 2 is 2.04 bits per heavy atom. The number of methoxy groups -OCH3 is 1. The van der Waals surface area contributed by atoms with Crippen LogP contribution in [0.25, 0.3) is 0 Å². The minimum absolute atomic E-state index is 0.106. The predicted molar refractivity (Wildman–Crippen MR) is 95.9 cm³/mol. The minimum atomic E-state index is -0.169. The SMILES string of the molecule is COc1cccc(/C=N\NC(=O)[C@H](C)SCc2ccccc2)c1. The van der Waals surface area contributed by atoms with Crippen LogP contribution in [-0.4, -0.2) is 24.5 Å². The van der Waals surface area contributed by atoms with Crippen molar-refractivity contribution in [1.29, 1.82) is 0 Å². The molecule has 0 aliphatic carbocycles. The lowest BCUT2D eigenvalue weighted by atomic mass is 10.2. The number of hydrogen-bond donors (Lipinski definition) is 1. The first-order valence-corrected chi connectivity index (χ1v) is 8.36. The summed E-state index contributed by atoms with van der Waals surface area (Å²) in [5.74, 6) is 1.45. The van der Waals surface area contributed by atoms with Gasteiger partial charge in [-0.05, 0) is 30.2 Å². The molecule has 0 saturated heterocycles. The number of benzene rings is 2.